The molecule has 2 N–H and O–H groups in total. The van der Waals surface area contributed by atoms with Crippen molar-refractivity contribution in [2.75, 3.05) is 31.3 Å². The van der Waals surface area contributed by atoms with Gasteiger partial charge in [-0.3, -0.25) is 0 Å². The molecule has 0 unspecified atom stereocenters. The van der Waals surface area contributed by atoms with E-state index in [-0.39, 0.29) is 12.0 Å². The number of aromatic nitrogens is 3. The Hall–Kier alpha value is -1.59. The number of nitrogens with zero attached hydrogens (tertiary/aromatic N) is 4. The Morgan fingerprint density at radius 1 is 1.38 bits per heavy atom. The molecule has 0 spiro atoms. The number of rotatable bonds is 4. The first-order valence-electron chi connectivity index (χ1n) is 5.45. The largest absolute Gasteiger partial charge is 0.467 e. The van der Waals surface area contributed by atoms with Crippen molar-refractivity contribution in [1.29, 1.82) is 0 Å². The lowest BCUT2D eigenvalue weighted by molar-refractivity contribution is 0.319. The van der Waals surface area contributed by atoms with Crippen LogP contribution in [0, 0.1) is 5.92 Å². The van der Waals surface area contributed by atoms with Gasteiger partial charge in [-0.25, -0.2) is 0 Å². The van der Waals surface area contributed by atoms with E-state index in [1.165, 1.54) is 26.4 Å². The van der Waals surface area contributed by atoms with Crippen molar-refractivity contribution >= 4 is 11.9 Å². The molecule has 2 rings (SSSR count). The Bertz CT molecular complexity index is 366. The summed E-state index contributed by atoms with van der Waals surface area (Å²) in [5.74, 6) is 1.53. The fourth-order valence-electron chi connectivity index (χ4n) is 1.77. The highest BCUT2D eigenvalue weighted by atomic mass is 16.5. The fraction of sp³-hybridized carbons (Fsp3) is 0.700. The Labute approximate surface area is 94.9 Å². The lowest BCUT2D eigenvalue weighted by atomic mass is 9.85. The van der Waals surface area contributed by atoms with E-state index < -0.39 is 0 Å². The predicted molar refractivity (Wildman–Crippen MR) is 61.4 cm³/mol. The van der Waals surface area contributed by atoms with Gasteiger partial charge in [0.15, 0.2) is 0 Å². The molecule has 1 heterocycles. The zero-order chi connectivity index (χ0) is 11.5. The monoisotopic (exact) mass is 223 g/mol. The highest BCUT2D eigenvalue weighted by molar-refractivity contribution is 5.35. The topological polar surface area (TPSA) is 77.2 Å². The molecule has 0 radical (unpaired) electrons. The third kappa shape index (κ3) is 2.32. The summed E-state index contributed by atoms with van der Waals surface area (Å²) >= 11 is 0. The van der Waals surface area contributed by atoms with Crippen molar-refractivity contribution in [1.82, 2.24) is 15.0 Å². The normalized spacial score (nSPS) is 15.6. The van der Waals surface area contributed by atoms with Crippen LogP contribution in [0.5, 0.6) is 6.01 Å². The van der Waals surface area contributed by atoms with Crippen LogP contribution in [0.25, 0.3) is 0 Å². The summed E-state index contributed by atoms with van der Waals surface area (Å²) in [7, 11) is 3.48. The number of nitrogens with two attached hydrogens (primary N) is 1. The highest BCUT2D eigenvalue weighted by Crippen LogP contribution is 2.27. The number of hydrogen-bond donors (Lipinski definition) is 1. The van der Waals surface area contributed by atoms with E-state index in [1.54, 1.807) is 0 Å². The summed E-state index contributed by atoms with van der Waals surface area (Å²) in [5, 5.41) is 0. The molecule has 6 nitrogen and oxygen atoms in total. The van der Waals surface area contributed by atoms with Gasteiger partial charge in [0.2, 0.25) is 11.9 Å². The summed E-state index contributed by atoms with van der Waals surface area (Å²) in [6.07, 6.45) is 3.92. The number of methoxy groups -OCH3 is 1. The van der Waals surface area contributed by atoms with Crippen molar-refractivity contribution in [2.24, 2.45) is 5.92 Å². The number of hydrogen-bond acceptors (Lipinski definition) is 6. The van der Waals surface area contributed by atoms with Crippen LogP contribution in [0.4, 0.5) is 11.9 Å². The van der Waals surface area contributed by atoms with Gasteiger partial charge in [0.1, 0.15) is 0 Å². The smallest absolute Gasteiger partial charge is 0.322 e. The van der Waals surface area contributed by atoms with Crippen molar-refractivity contribution in [3.63, 3.8) is 0 Å². The maximum atomic E-state index is 5.58. The zero-order valence-corrected chi connectivity index (χ0v) is 9.68. The lowest BCUT2D eigenvalue weighted by Crippen LogP contribution is -2.30. The molecule has 0 amide bonds. The SMILES string of the molecule is COc1nc(N)nc(N(C)CC2CCC2)n1. The van der Waals surface area contributed by atoms with Gasteiger partial charge in [-0.15, -0.1) is 0 Å². The van der Waals surface area contributed by atoms with Crippen molar-refractivity contribution < 1.29 is 4.74 Å². The molecule has 0 atom stereocenters. The van der Waals surface area contributed by atoms with Crippen LogP contribution in [-0.4, -0.2) is 35.7 Å². The van der Waals surface area contributed by atoms with Crippen molar-refractivity contribution in [2.45, 2.75) is 19.3 Å². The van der Waals surface area contributed by atoms with Gasteiger partial charge >= 0.3 is 6.01 Å². The fourth-order valence-corrected chi connectivity index (χ4v) is 1.77. The first-order valence-corrected chi connectivity index (χ1v) is 5.45. The Balaban J connectivity index is 2.08. The molecule has 16 heavy (non-hydrogen) atoms. The van der Waals surface area contributed by atoms with Gasteiger partial charge in [-0.05, 0) is 18.8 Å². The third-order valence-corrected chi connectivity index (χ3v) is 2.90. The second-order valence-electron chi connectivity index (χ2n) is 4.16. The standard InChI is InChI=1S/C10H17N5O/c1-15(6-7-4-3-5-7)9-12-8(11)13-10(14-9)16-2/h7H,3-6H2,1-2H3,(H2,11,12,13,14). The molecule has 0 aromatic carbocycles. The van der Waals surface area contributed by atoms with Crippen molar-refractivity contribution in [3.8, 4) is 6.01 Å². The molecule has 1 aromatic heterocycles. The number of ether oxygens (including phenoxy) is 1. The van der Waals surface area contributed by atoms with Crippen LogP contribution in [0.15, 0.2) is 0 Å². The van der Waals surface area contributed by atoms with Crippen LogP contribution in [-0.2, 0) is 0 Å². The Morgan fingerprint density at radius 2 is 2.12 bits per heavy atom. The van der Waals surface area contributed by atoms with Crippen LogP contribution < -0.4 is 15.4 Å². The minimum atomic E-state index is 0.197. The molecular formula is C10H17N5O. The van der Waals surface area contributed by atoms with Crippen LogP contribution in [0.1, 0.15) is 19.3 Å². The first kappa shape index (κ1) is 10.9. The molecule has 1 fully saturated rings. The lowest BCUT2D eigenvalue weighted by Gasteiger charge is -2.30. The van der Waals surface area contributed by atoms with Gasteiger partial charge in [-0.2, -0.15) is 15.0 Å². The Kier molecular flexibility index (Phi) is 3.07. The minimum absolute atomic E-state index is 0.197. The summed E-state index contributed by atoms with van der Waals surface area (Å²) in [4.78, 5) is 14.1. The quantitative estimate of drug-likeness (QED) is 0.809. The average Bonchev–Trinajstić information content (AvgIpc) is 2.22. The summed E-state index contributed by atoms with van der Waals surface area (Å²) in [6.45, 7) is 0.965. The minimum Gasteiger partial charge on any atom is -0.467 e. The third-order valence-electron chi connectivity index (χ3n) is 2.90. The van der Waals surface area contributed by atoms with Gasteiger partial charge < -0.3 is 15.4 Å². The first-order chi connectivity index (χ1) is 7.69. The molecule has 0 bridgehead atoms. The molecule has 0 aliphatic heterocycles. The summed E-state index contributed by atoms with van der Waals surface area (Å²) < 4.78 is 4.96. The van der Waals surface area contributed by atoms with Gasteiger partial charge in [0.25, 0.3) is 0 Å². The van der Waals surface area contributed by atoms with Gasteiger partial charge in [0, 0.05) is 13.6 Å². The second-order valence-corrected chi connectivity index (χ2v) is 4.16. The maximum Gasteiger partial charge on any atom is 0.322 e. The van der Waals surface area contributed by atoms with E-state index in [0.29, 0.717) is 5.95 Å². The van der Waals surface area contributed by atoms with Crippen LogP contribution in [0.3, 0.4) is 0 Å². The van der Waals surface area contributed by atoms with E-state index in [2.05, 4.69) is 15.0 Å². The van der Waals surface area contributed by atoms with E-state index in [1.807, 2.05) is 11.9 Å². The summed E-state index contributed by atoms with van der Waals surface area (Å²) in [5.41, 5.74) is 5.58. The summed E-state index contributed by atoms with van der Waals surface area (Å²) in [6, 6.07) is 0.267. The van der Waals surface area contributed by atoms with E-state index >= 15 is 0 Å². The molecular weight excluding hydrogens is 206 g/mol. The molecule has 6 heteroatoms. The van der Waals surface area contributed by atoms with E-state index in [0.717, 1.165) is 12.5 Å². The van der Waals surface area contributed by atoms with Crippen LogP contribution >= 0.6 is 0 Å². The molecule has 0 saturated heterocycles. The molecule has 1 aliphatic rings. The number of nitrogen functional groups attached to an aromatic ring is 1. The van der Waals surface area contributed by atoms with Gasteiger partial charge in [0.05, 0.1) is 7.11 Å². The van der Waals surface area contributed by atoms with E-state index in [4.69, 9.17) is 10.5 Å². The van der Waals surface area contributed by atoms with Crippen LogP contribution in [0.2, 0.25) is 0 Å². The average molecular weight is 223 g/mol. The zero-order valence-electron chi connectivity index (χ0n) is 9.68. The molecule has 1 saturated carbocycles. The highest BCUT2D eigenvalue weighted by Gasteiger charge is 2.20. The van der Waals surface area contributed by atoms with E-state index in [9.17, 15) is 0 Å². The van der Waals surface area contributed by atoms with Crippen molar-refractivity contribution in [3.05, 3.63) is 0 Å². The van der Waals surface area contributed by atoms with Gasteiger partial charge in [-0.1, -0.05) is 6.42 Å². The molecule has 1 aliphatic carbocycles. The molecule has 1 aromatic rings. The molecule has 88 valence electrons. The second kappa shape index (κ2) is 4.51. The Morgan fingerprint density at radius 3 is 2.69 bits per heavy atom. The number of anilines is 2. The predicted octanol–water partition coefficient (Wildman–Crippen LogP) is 0.699. The maximum absolute atomic E-state index is 5.58.